The molecular weight excluding hydrogens is 134 g/mol. The fourth-order valence-electron chi connectivity index (χ4n) is 0.535. The summed E-state index contributed by atoms with van der Waals surface area (Å²) in [6.45, 7) is 1.56. The molecule has 0 unspecified atom stereocenters. The fourth-order valence-corrected chi connectivity index (χ4v) is 0.535. The molecule has 1 aromatic heterocycles. The van der Waals surface area contributed by atoms with E-state index in [1.807, 2.05) is 0 Å². The highest BCUT2D eigenvalue weighted by Gasteiger charge is 2.16. The summed E-state index contributed by atoms with van der Waals surface area (Å²) in [6.07, 6.45) is 0.581. The summed E-state index contributed by atoms with van der Waals surface area (Å²) >= 11 is 0. The number of aliphatic hydroxyl groups excluding tert-OH is 1. The maximum Gasteiger partial charge on any atom is 0.245 e. The molecule has 5 heteroatoms. The van der Waals surface area contributed by atoms with Crippen LogP contribution in [0.2, 0.25) is 0 Å². The zero-order chi connectivity index (χ0) is 7.56. The highest BCUT2D eigenvalue weighted by Crippen LogP contribution is 2.08. The normalized spacial score (nSPS) is 16.7. The van der Waals surface area contributed by atoms with Crippen molar-refractivity contribution in [3.63, 3.8) is 0 Å². The number of hydrogen-bond donors (Lipinski definition) is 2. The molecule has 0 aliphatic heterocycles. The quantitative estimate of drug-likeness (QED) is 0.580. The smallest absolute Gasteiger partial charge is 0.245 e. The number of aliphatic hydroxyl groups is 1. The summed E-state index contributed by atoms with van der Waals surface area (Å²) in [4.78, 5) is 3.67. The Hall–Kier alpha value is -0.940. The van der Waals surface area contributed by atoms with Crippen molar-refractivity contribution in [2.24, 2.45) is 5.73 Å². The van der Waals surface area contributed by atoms with Crippen LogP contribution in [0.5, 0.6) is 0 Å². The van der Waals surface area contributed by atoms with E-state index in [1.165, 1.54) is 6.33 Å². The topological polar surface area (TPSA) is 85.2 Å². The first-order valence-corrected chi connectivity index (χ1v) is 2.92. The minimum absolute atomic E-state index is 0.259. The van der Waals surface area contributed by atoms with Crippen LogP contribution in [0, 0.1) is 0 Å². The standard InChI is InChI=1S/C5H9N3O2/c1-3(9)4(6)5-7-2-8-10-5/h2-4,9H,6H2,1H3/t3-,4-/m1/s1. The largest absolute Gasteiger partial charge is 0.391 e. The van der Waals surface area contributed by atoms with Crippen molar-refractivity contribution < 1.29 is 9.63 Å². The van der Waals surface area contributed by atoms with E-state index in [2.05, 4.69) is 14.7 Å². The molecule has 0 spiro atoms. The first-order valence-electron chi connectivity index (χ1n) is 2.92. The first-order chi connectivity index (χ1) is 4.72. The third-order valence-corrected chi connectivity index (χ3v) is 1.18. The van der Waals surface area contributed by atoms with Crippen LogP contribution in [0.25, 0.3) is 0 Å². The molecule has 0 saturated carbocycles. The van der Waals surface area contributed by atoms with Crippen LogP contribution in [0.4, 0.5) is 0 Å². The average molecular weight is 143 g/mol. The summed E-state index contributed by atoms with van der Waals surface area (Å²) in [7, 11) is 0. The van der Waals surface area contributed by atoms with Crippen molar-refractivity contribution >= 4 is 0 Å². The van der Waals surface area contributed by atoms with Gasteiger partial charge in [-0.05, 0) is 6.92 Å². The molecule has 0 fully saturated rings. The van der Waals surface area contributed by atoms with E-state index in [9.17, 15) is 0 Å². The van der Waals surface area contributed by atoms with Crippen LogP contribution in [0.3, 0.4) is 0 Å². The second kappa shape index (κ2) is 2.76. The lowest BCUT2D eigenvalue weighted by atomic mass is 10.2. The first kappa shape index (κ1) is 7.17. The minimum Gasteiger partial charge on any atom is -0.391 e. The van der Waals surface area contributed by atoms with E-state index < -0.39 is 12.1 Å². The summed E-state index contributed by atoms with van der Waals surface area (Å²) in [5.74, 6) is 0.259. The van der Waals surface area contributed by atoms with Gasteiger partial charge < -0.3 is 15.4 Å². The SMILES string of the molecule is C[C@@H](O)[C@@H](N)c1ncno1. The molecule has 3 N–H and O–H groups in total. The van der Waals surface area contributed by atoms with Crippen molar-refractivity contribution in [1.82, 2.24) is 10.1 Å². The predicted molar refractivity (Wildman–Crippen MR) is 32.9 cm³/mol. The van der Waals surface area contributed by atoms with Gasteiger partial charge in [-0.2, -0.15) is 4.98 Å². The van der Waals surface area contributed by atoms with Gasteiger partial charge >= 0.3 is 0 Å². The van der Waals surface area contributed by atoms with Crippen molar-refractivity contribution in [3.05, 3.63) is 12.2 Å². The van der Waals surface area contributed by atoms with Crippen LogP contribution >= 0.6 is 0 Å². The Kier molecular flexibility index (Phi) is 1.98. The number of hydrogen-bond acceptors (Lipinski definition) is 5. The molecule has 0 radical (unpaired) electrons. The molecular formula is C5H9N3O2. The van der Waals surface area contributed by atoms with E-state index in [4.69, 9.17) is 10.8 Å². The van der Waals surface area contributed by atoms with E-state index in [1.54, 1.807) is 6.92 Å². The molecule has 0 amide bonds. The van der Waals surface area contributed by atoms with Gasteiger partial charge in [0.2, 0.25) is 5.89 Å². The van der Waals surface area contributed by atoms with E-state index in [0.29, 0.717) is 0 Å². The van der Waals surface area contributed by atoms with Gasteiger partial charge in [-0.25, -0.2) is 0 Å². The molecule has 10 heavy (non-hydrogen) atoms. The van der Waals surface area contributed by atoms with Crippen molar-refractivity contribution in [2.45, 2.75) is 19.1 Å². The minimum atomic E-state index is -0.666. The molecule has 0 aliphatic carbocycles. The van der Waals surface area contributed by atoms with E-state index in [-0.39, 0.29) is 5.89 Å². The third kappa shape index (κ3) is 1.31. The van der Waals surface area contributed by atoms with Gasteiger partial charge in [-0.15, -0.1) is 0 Å². The van der Waals surface area contributed by atoms with Gasteiger partial charge in [0.15, 0.2) is 6.33 Å². The molecule has 0 aromatic carbocycles. The molecule has 1 rings (SSSR count). The van der Waals surface area contributed by atoms with Gasteiger partial charge in [0.05, 0.1) is 6.10 Å². The Bertz CT molecular complexity index is 185. The molecule has 1 aromatic rings. The number of nitrogens with zero attached hydrogens (tertiary/aromatic N) is 2. The monoisotopic (exact) mass is 143 g/mol. The van der Waals surface area contributed by atoms with Crippen LogP contribution in [0.15, 0.2) is 10.9 Å². The van der Waals surface area contributed by atoms with Crippen molar-refractivity contribution in [1.29, 1.82) is 0 Å². The van der Waals surface area contributed by atoms with Gasteiger partial charge in [-0.1, -0.05) is 5.16 Å². The number of nitrogens with two attached hydrogens (primary N) is 1. The van der Waals surface area contributed by atoms with Gasteiger partial charge in [0.1, 0.15) is 6.04 Å². The Morgan fingerprint density at radius 2 is 2.50 bits per heavy atom. The predicted octanol–water partition coefficient (Wildman–Crippen LogP) is -0.550. The molecule has 0 bridgehead atoms. The second-order valence-corrected chi connectivity index (χ2v) is 2.05. The lowest BCUT2D eigenvalue weighted by Crippen LogP contribution is -2.23. The zero-order valence-electron chi connectivity index (χ0n) is 5.56. The average Bonchev–Trinajstić information content (AvgIpc) is 2.36. The van der Waals surface area contributed by atoms with Gasteiger partial charge in [0, 0.05) is 0 Å². The van der Waals surface area contributed by atoms with Gasteiger partial charge in [0.25, 0.3) is 0 Å². The lowest BCUT2D eigenvalue weighted by Gasteiger charge is -2.07. The third-order valence-electron chi connectivity index (χ3n) is 1.18. The summed E-state index contributed by atoms with van der Waals surface area (Å²) in [5, 5.41) is 12.3. The summed E-state index contributed by atoms with van der Waals surface area (Å²) in [6, 6.07) is -0.581. The molecule has 1 heterocycles. The van der Waals surface area contributed by atoms with E-state index in [0.717, 1.165) is 0 Å². The van der Waals surface area contributed by atoms with Crippen LogP contribution in [0.1, 0.15) is 18.9 Å². The Morgan fingerprint density at radius 3 is 2.90 bits per heavy atom. The Balaban J connectivity index is 2.68. The van der Waals surface area contributed by atoms with Crippen molar-refractivity contribution in [2.75, 3.05) is 0 Å². The Morgan fingerprint density at radius 1 is 1.80 bits per heavy atom. The maximum atomic E-state index is 8.94. The Labute approximate surface area is 57.8 Å². The second-order valence-electron chi connectivity index (χ2n) is 2.05. The number of aromatic nitrogens is 2. The van der Waals surface area contributed by atoms with Crippen LogP contribution < -0.4 is 5.73 Å². The van der Waals surface area contributed by atoms with Crippen LogP contribution in [-0.4, -0.2) is 21.4 Å². The van der Waals surface area contributed by atoms with E-state index >= 15 is 0 Å². The molecule has 5 nitrogen and oxygen atoms in total. The van der Waals surface area contributed by atoms with Crippen LogP contribution in [-0.2, 0) is 0 Å². The molecule has 2 atom stereocenters. The highest BCUT2D eigenvalue weighted by atomic mass is 16.5. The molecule has 0 saturated heterocycles. The lowest BCUT2D eigenvalue weighted by molar-refractivity contribution is 0.146. The van der Waals surface area contributed by atoms with Gasteiger partial charge in [-0.3, -0.25) is 0 Å². The highest BCUT2D eigenvalue weighted by molar-refractivity contribution is 4.87. The molecule has 0 aliphatic rings. The summed E-state index contributed by atoms with van der Waals surface area (Å²) < 4.78 is 4.61. The number of rotatable bonds is 2. The van der Waals surface area contributed by atoms with Crippen molar-refractivity contribution in [3.8, 4) is 0 Å². The molecule has 56 valence electrons. The fraction of sp³-hybridized carbons (Fsp3) is 0.600. The zero-order valence-corrected chi connectivity index (χ0v) is 5.56. The maximum absolute atomic E-state index is 8.94. The summed E-state index contributed by atoms with van der Waals surface area (Å²) in [5.41, 5.74) is 5.44.